The first-order valence-corrected chi connectivity index (χ1v) is 5.41. The van der Waals surface area contributed by atoms with Crippen molar-refractivity contribution < 1.29 is 23.1 Å². The van der Waals surface area contributed by atoms with Crippen LogP contribution < -0.4 is 5.32 Å². The Labute approximate surface area is 107 Å². The van der Waals surface area contributed by atoms with Gasteiger partial charge in [-0.25, -0.2) is 4.39 Å². The van der Waals surface area contributed by atoms with Crippen molar-refractivity contribution in [3.8, 4) is 0 Å². The number of alkyl halides is 3. The SMILES string of the molecule is O=C(N[C@H](CF)[C@H](O)c1ccc(Cl)cc1)C(F)F. The minimum atomic E-state index is -3.25. The first kappa shape index (κ1) is 14.8. The molecule has 3 nitrogen and oxygen atoms in total. The first-order valence-electron chi connectivity index (χ1n) is 5.03. The summed E-state index contributed by atoms with van der Waals surface area (Å²) in [7, 11) is 0. The molecule has 1 rings (SSSR count). The van der Waals surface area contributed by atoms with Crippen LogP contribution >= 0.6 is 11.6 Å². The summed E-state index contributed by atoms with van der Waals surface area (Å²) in [6.45, 7) is -1.16. The van der Waals surface area contributed by atoms with Gasteiger partial charge in [-0.05, 0) is 17.7 Å². The highest BCUT2D eigenvalue weighted by Crippen LogP contribution is 2.20. The van der Waals surface area contributed by atoms with E-state index in [9.17, 15) is 23.1 Å². The Morgan fingerprint density at radius 2 is 1.89 bits per heavy atom. The van der Waals surface area contributed by atoms with E-state index in [1.54, 1.807) is 5.32 Å². The molecule has 1 aromatic carbocycles. The van der Waals surface area contributed by atoms with E-state index in [1.165, 1.54) is 24.3 Å². The van der Waals surface area contributed by atoms with Crippen molar-refractivity contribution in [1.82, 2.24) is 5.32 Å². The number of aliphatic hydroxyl groups excluding tert-OH is 1. The third-order valence-electron chi connectivity index (χ3n) is 2.28. The highest BCUT2D eigenvalue weighted by atomic mass is 35.5. The van der Waals surface area contributed by atoms with E-state index >= 15 is 0 Å². The molecule has 0 aliphatic carbocycles. The maximum Gasteiger partial charge on any atom is 0.315 e. The van der Waals surface area contributed by atoms with E-state index in [0.717, 1.165) is 0 Å². The number of amides is 1. The van der Waals surface area contributed by atoms with Gasteiger partial charge in [-0.2, -0.15) is 8.78 Å². The molecule has 7 heteroatoms. The van der Waals surface area contributed by atoms with Gasteiger partial charge in [0.15, 0.2) is 0 Å². The molecular weight excluding hydrogens is 271 g/mol. The summed E-state index contributed by atoms with van der Waals surface area (Å²) in [5, 5.41) is 11.9. The summed E-state index contributed by atoms with van der Waals surface area (Å²) >= 11 is 5.63. The number of halogens is 4. The maximum absolute atomic E-state index is 12.7. The average Bonchev–Trinajstić information content (AvgIpc) is 2.35. The number of hydrogen-bond acceptors (Lipinski definition) is 2. The van der Waals surface area contributed by atoms with Crippen molar-refractivity contribution in [2.45, 2.75) is 18.6 Å². The third-order valence-corrected chi connectivity index (χ3v) is 2.54. The van der Waals surface area contributed by atoms with Crippen LogP contribution in [0.15, 0.2) is 24.3 Å². The van der Waals surface area contributed by atoms with Gasteiger partial charge in [0.25, 0.3) is 5.91 Å². The lowest BCUT2D eigenvalue weighted by atomic mass is 10.0. The molecule has 0 aliphatic rings. The molecule has 0 aliphatic heterocycles. The molecule has 18 heavy (non-hydrogen) atoms. The summed E-state index contributed by atoms with van der Waals surface area (Å²) in [4.78, 5) is 10.7. The van der Waals surface area contributed by atoms with Crippen molar-refractivity contribution in [2.75, 3.05) is 6.67 Å². The Morgan fingerprint density at radius 3 is 2.33 bits per heavy atom. The fourth-order valence-corrected chi connectivity index (χ4v) is 1.47. The van der Waals surface area contributed by atoms with Crippen molar-refractivity contribution in [2.24, 2.45) is 0 Å². The monoisotopic (exact) mass is 281 g/mol. The Morgan fingerprint density at radius 1 is 1.33 bits per heavy atom. The molecule has 0 saturated carbocycles. The number of carbonyl (C=O) groups excluding carboxylic acids is 1. The average molecular weight is 282 g/mol. The van der Waals surface area contributed by atoms with Crippen molar-refractivity contribution in [3.63, 3.8) is 0 Å². The molecule has 0 aromatic heterocycles. The Hall–Kier alpha value is -1.27. The second kappa shape index (κ2) is 6.61. The summed E-state index contributed by atoms with van der Waals surface area (Å²) < 4.78 is 36.7. The number of nitrogens with one attached hydrogen (secondary N) is 1. The number of aliphatic hydroxyl groups is 1. The molecule has 2 N–H and O–H groups in total. The van der Waals surface area contributed by atoms with E-state index < -0.39 is 31.2 Å². The topological polar surface area (TPSA) is 49.3 Å². The Bertz CT molecular complexity index is 400. The number of benzene rings is 1. The normalized spacial score (nSPS) is 14.3. The number of rotatable bonds is 5. The molecule has 0 heterocycles. The zero-order valence-electron chi connectivity index (χ0n) is 9.12. The third kappa shape index (κ3) is 3.89. The van der Waals surface area contributed by atoms with Gasteiger partial charge < -0.3 is 10.4 Å². The molecule has 1 aromatic rings. The largest absolute Gasteiger partial charge is 0.386 e. The first-order chi connectivity index (χ1) is 8.45. The molecule has 0 saturated heterocycles. The smallest absolute Gasteiger partial charge is 0.315 e. The zero-order valence-corrected chi connectivity index (χ0v) is 9.87. The van der Waals surface area contributed by atoms with E-state index in [4.69, 9.17) is 11.6 Å². The molecule has 1 amide bonds. The molecule has 0 bridgehead atoms. The van der Waals surface area contributed by atoms with Gasteiger partial charge in [0.2, 0.25) is 0 Å². The Kier molecular flexibility index (Phi) is 5.43. The van der Waals surface area contributed by atoms with Crippen LogP contribution in [0, 0.1) is 0 Å². The van der Waals surface area contributed by atoms with Crippen molar-refractivity contribution in [1.29, 1.82) is 0 Å². The Balaban J connectivity index is 2.75. The van der Waals surface area contributed by atoms with Gasteiger partial charge in [-0.3, -0.25) is 4.79 Å². The fourth-order valence-electron chi connectivity index (χ4n) is 1.34. The van der Waals surface area contributed by atoms with Gasteiger partial charge in [-0.15, -0.1) is 0 Å². The van der Waals surface area contributed by atoms with E-state index in [0.29, 0.717) is 5.02 Å². The molecule has 0 spiro atoms. The van der Waals surface area contributed by atoms with Gasteiger partial charge in [0.05, 0.1) is 6.04 Å². The lowest BCUT2D eigenvalue weighted by Crippen LogP contribution is -2.43. The quantitative estimate of drug-likeness (QED) is 0.868. The summed E-state index contributed by atoms with van der Waals surface area (Å²) in [6, 6.07) is 4.34. The molecule has 100 valence electrons. The standard InChI is InChI=1S/C11H11ClF3NO2/c12-7-3-1-6(2-4-7)9(17)8(5-13)16-11(18)10(14)15/h1-4,8-10,17H,5H2,(H,16,18)/t8-,9-/m1/s1. The minimum absolute atomic E-state index is 0.275. The highest BCUT2D eigenvalue weighted by Gasteiger charge is 2.26. The molecule has 2 atom stereocenters. The van der Waals surface area contributed by atoms with Gasteiger partial charge in [0.1, 0.15) is 12.8 Å². The van der Waals surface area contributed by atoms with Gasteiger partial charge in [-0.1, -0.05) is 23.7 Å². The fraction of sp³-hybridized carbons (Fsp3) is 0.364. The van der Waals surface area contributed by atoms with E-state index in [-0.39, 0.29) is 5.56 Å². The zero-order chi connectivity index (χ0) is 13.7. The number of carbonyl (C=O) groups is 1. The summed E-state index contributed by atoms with van der Waals surface area (Å²) in [5.74, 6) is -1.62. The van der Waals surface area contributed by atoms with Crippen LogP contribution in [0.2, 0.25) is 5.02 Å². The van der Waals surface area contributed by atoms with E-state index in [1.807, 2.05) is 0 Å². The second-order valence-corrected chi connectivity index (χ2v) is 4.00. The van der Waals surface area contributed by atoms with Crippen LogP contribution in [0.4, 0.5) is 13.2 Å². The van der Waals surface area contributed by atoms with Gasteiger partial charge in [0, 0.05) is 5.02 Å². The van der Waals surface area contributed by atoms with Crippen molar-refractivity contribution >= 4 is 17.5 Å². The van der Waals surface area contributed by atoms with Crippen LogP contribution in [-0.2, 0) is 4.79 Å². The van der Waals surface area contributed by atoms with Gasteiger partial charge >= 0.3 is 6.43 Å². The number of hydrogen-bond donors (Lipinski definition) is 2. The van der Waals surface area contributed by atoms with Crippen molar-refractivity contribution in [3.05, 3.63) is 34.9 Å². The predicted molar refractivity (Wildman–Crippen MR) is 60.3 cm³/mol. The van der Waals surface area contributed by atoms with Crippen LogP contribution in [0.5, 0.6) is 0 Å². The maximum atomic E-state index is 12.7. The molecule has 0 unspecified atom stereocenters. The lowest BCUT2D eigenvalue weighted by molar-refractivity contribution is -0.133. The lowest BCUT2D eigenvalue weighted by Gasteiger charge is -2.21. The van der Waals surface area contributed by atoms with Crippen LogP contribution in [0.1, 0.15) is 11.7 Å². The van der Waals surface area contributed by atoms with Crippen LogP contribution in [-0.4, -0.2) is 30.2 Å². The summed E-state index contributed by atoms with van der Waals surface area (Å²) in [6.07, 6.45) is -4.67. The predicted octanol–water partition coefficient (Wildman–Crippen LogP) is 2.09. The highest BCUT2D eigenvalue weighted by molar-refractivity contribution is 6.30. The molecule has 0 fully saturated rings. The minimum Gasteiger partial charge on any atom is -0.386 e. The second-order valence-electron chi connectivity index (χ2n) is 3.57. The van der Waals surface area contributed by atoms with Crippen LogP contribution in [0.25, 0.3) is 0 Å². The van der Waals surface area contributed by atoms with E-state index in [2.05, 4.69) is 0 Å². The molecule has 0 radical (unpaired) electrons. The molecular formula is C11H11ClF3NO2. The van der Waals surface area contributed by atoms with Crippen LogP contribution in [0.3, 0.4) is 0 Å². The summed E-state index contributed by atoms with van der Waals surface area (Å²) in [5.41, 5.74) is 0.275.